The number of furan rings is 1. The highest BCUT2D eigenvalue weighted by atomic mass is 16.6. The number of carbonyl (C=O) groups is 2. The molecule has 0 unspecified atom stereocenters. The fourth-order valence-electron chi connectivity index (χ4n) is 4.32. The zero-order valence-electron chi connectivity index (χ0n) is 21.7. The third-order valence-electron chi connectivity index (χ3n) is 6.03. The van der Waals surface area contributed by atoms with Gasteiger partial charge in [-0.3, -0.25) is 0 Å². The Labute approximate surface area is 216 Å². The van der Waals surface area contributed by atoms with E-state index in [4.69, 9.17) is 18.6 Å². The number of hydrogen-bond acceptors (Lipinski definition) is 7. The first-order valence-corrected chi connectivity index (χ1v) is 12.5. The first-order valence-electron chi connectivity index (χ1n) is 12.5. The van der Waals surface area contributed by atoms with Crippen molar-refractivity contribution >= 4 is 23.0 Å². The molecule has 1 amide bonds. The van der Waals surface area contributed by atoms with Crippen molar-refractivity contribution in [3.63, 3.8) is 0 Å². The summed E-state index contributed by atoms with van der Waals surface area (Å²) < 4.78 is 22.8. The van der Waals surface area contributed by atoms with Crippen LogP contribution in [-0.4, -0.2) is 48.4 Å². The van der Waals surface area contributed by atoms with Gasteiger partial charge in [0.25, 0.3) is 0 Å². The SMILES string of the molecule is CCOC(=O)c1c(CCc2ccc(O[C@H]3CCN(C(=O)OC(C)(C)C)C3)cc2)oc2ccc(C#N)cc12. The minimum atomic E-state index is -0.523. The number of benzene rings is 2. The Morgan fingerprint density at radius 1 is 1.14 bits per heavy atom. The van der Waals surface area contributed by atoms with Crippen molar-refractivity contribution in [3.05, 3.63) is 64.9 Å². The predicted molar refractivity (Wildman–Crippen MR) is 138 cm³/mol. The van der Waals surface area contributed by atoms with Crippen LogP contribution in [0.1, 0.15) is 61.4 Å². The maximum absolute atomic E-state index is 12.7. The van der Waals surface area contributed by atoms with Crippen LogP contribution in [0.2, 0.25) is 0 Å². The molecule has 2 aromatic carbocycles. The van der Waals surface area contributed by atoms with Crippen LogP contribution in [0.15, 0.2) is 46.9 Å². The molecule has 3 aromatic rings. The van der Waals surface area contributed by atoms with Gasteiger partial charge in [-0.05, 0) is 70.0 Å². The fourth-order valence-corrected chi connectivity index (χ4v) is 4.32. The van der Waals surface area contributed by atoms with Gasteiger partial charge in [-0.2, -0.15) is 5.26 Å². The van der Waals surface area contributed by atoms with Crippen LogP contribution in [0.25, 0.3) is 11.0 Å². The summed E-state index contributed by atoms with van der Waals surface area (Å²) in [5.74, 6) is 0.823. The van der Waals surface area contributed by atoms with Crippen LogP contribution in [0.4, 0.5) is 4.79 Å². The van der Waals surface area contributed by atoms with Crippen LogP contribution in [0.5, 0.6) is 5.75 Å². The molecule has 8 nitrogen and oxygen atoms in total. The first-order chi connectivity index (χ1) is 17.7. The van der Waals surface area contributed by atoms with Crippen LogP contribution < -0.4 is 4.74 Å². The molecule has 0 N–H and O–H groups in total. The Balaban J connectivity index is 1.39. The number of nitrogens with zero attached hydrogens (tertiary/aromatic N) is 2. The summed E-state index contributed by atoms with van der Waals surface area (Å²) in [5, 5.41) is 9.84. The second-order valence-corrected chi connectivity index (χ2v) is 10.0. The largest absolute Gasteiger partial charge is 0.489 e. The average molecular weight is 505 g/mol. The monoisotopic (exact) mass is 504 g/mol. The summed E-state index contributed by atoms with van der Waals surface area (Å²) in [6.45, 7) is 8.67. The molecule has 1 saturated heterocycles. The van der Waals surface area contributed by atoms with Crippen LogP contribution in [0, 0.1) is 11.3 Å². The van der Waals surface area contributed by atoms with E-state index in [1.807, 2.05) is 45.0 Å². The summed E-state index contributed by atoms with van der Waals surface area (Å²) in [6, 6.07) is 14.9. The number of likely N-dealkylation sites (tertiary alicyclic amines) is 1. The van der Waals surface area contributed by atoms with Gasteiger partial charge in [-0.1, -0.05) is 12.1 Å². The highest BCUT2D eigenvalue weighted by molar-refractivity contribution is 6.05. The van der Waals surface area contributed by atoms with Gasteiger partial charge < -0.3 is 23.5 Å². The predicted octanol–water partition coefficient (Wildman–Crippen LogP) is 5.65. The highest BCUT2D eigenvalue weighted by Crippen LogP contribution is 2.29. The molecule has 1 atom stereocenters. The lowest BCUT2D eigenvalue weighted by atomic mass is 10.0. The zero-order chi connectivity index (χ0) is 26.6. The van der Waals surface area contributed by atoms with E-state index in [-0.39, 0.29) is 18.8 Å². The van der Waals surface area contributed by atoms with E-state index in [0.29, 0.717) is 53.8 Å². The summed E-state index contributed by atoms with van der Waals surface area (Å²) in [4.78, 5) is 26.6. The Morgan fingerprint density at radius 3 is 2.57 bits per heavy atom. The van der Waals surface area contributed by atoms with E-state index in [1.54, 1.807) is 30.0 Å². The van der Waals surface area contributed by atoms with Crippen molar-refractivity contribution < 1.29 is 28.2 Å². The number of amides is 1. The summed E-state index contributed by atoms with van der Waals surface area (Å²) in [6.07, 6.45) is 1.49. The van der Waals surface area contributed by atoms with Crippen LogP contribution in [-0.2, 0) is 22.3 Å². The van der Waals surface area contributed by atoms with Crippen molar-refractivity contribution in [1.82, 2.24) is 4.90 Å². The second kappa shape index (κ2) is 11.0. The molecule has 0 bridgehead atoms. The lowest BCUT2D eigenvalue weighted by molar-refractivity contribution is 0.0275. The fraction of sp³-hybridized carbons (Fsp3) is 0.414. The molecule has 37 heavy (non-hydrogen) atoms. The second-order valence-electron chi connectivity index (χ2n) is 10.0. The Morgan fingerprint density at radius 2 is 1.89 bits per heavy atom. The normalized spacial score (nSPS) is 15.4. The average Bonchev–Trinajstić information content (AvgIpc) is 3.46. The molecular weight excluding hydrogens is 472 g/mol. The van der Waals surface area contributed by atoms with Gasteiger partial charge in [0.05, 0.1) is 24.8 Å². The minimum Gasteiger partial charge on any atom is -0.489 e. The first kappa shape index (κ1) is 26.1. The van der Waals surface area contributed by atoms with E-state index >= 15 is 0 Å². The molecule has 1 aliphatic rings. The van der Waals surface area contributed by atoms with Crippen LogP contribution >= 0.6 is 0 Å². The van der Waals surface area contributed by atoms with E-state index in [9.17, 15) is 14.9 Å². The van der Waals surface area contributed by atoms with Gasteiger partial charge in [0.15, 0.2) is 0 Å². The van der Waals surface area contributed by atoms with Crippen molar-refractivity contribution in [2.24, 2.45) is 0 Å². The van der Waals surface area contributed by atoms with Gasteiger partial charge in [0.2, 0.25) is 0 Å². The van der Waals surface area contributed by atoms with E-state index in [1.165, 1.54) is 0 Å². The van der Waals surface area contributed by atoms with Gasteiger partial charge in [-0.25, -0.2) is 9.59 Å². The molecule has 0 aliphatic carbocycles. The van der Waals surface area contributed by atoms with E-state index in [0.717, 1.165) is 17.7 Å². The number of rotatable bonds is 7. The highest BCUT2D eigenvalue weighted by Gasteiger charge is 2.31. The van der Waals surface area contributed by atoms with Gasteiger partial charge in [0.1, 0.15) is 34.4 Å². The molecule has 0 saturated carbocycles. The topological polar surface area (TPSA) is 102 Å². The number of fused-ring (bicyclic) bond motifs is 1. The third kappa shape index (κ3) is 6.42. The van der Waals surface area contributed by atoms with E-state index < -0.39 is 11.6 Å². The molecule has 194 valence electrons. The molecule has 0 radical (unpaired) electrons. The number of nitriles is 1. The molecule has 4 rings (SSSR count). The van der Waals surface area contributed by atoms with Crippen molar-refractivity contribution in [2.45, 2.75) is 58.7 Å². The number of ether oxygens (including phenoxy) is 3. The van der Waals surface area contributed by atoms with Crippen molar-refractivity contribution in [3.8, 4) is 11.8 Å². The maximum Gasteiger partial charge on any atom is 0.410 e. The van der Waals surface area contributed by atoms with Gasteiger partial charge >= 0.3 is 12.1 Å². The number of esters is 1. The van der Waals surface area contributed by atoms with Crippen molar-refractivity contribution in [2.75, 3.05) is 19.7 Å². The molecule has 2 heterocycles. The summed E-state index contributed by atoms with van der Waals surface area (Å²) in [7, 11) is 0. The number of aryl methyl sites for hydroxylation is 2. The smallest absolute Gasteiger partial charge is 0.410 e. The lowest BCUT2D eigenvalue weighted by Gasteiger charge is -2.24. The van der Waals surface area contributed by atoms with E-state index in [2.05, 4.69) is 6.07 Å². The molecule has 1 fully saturated rings. The van der Waals surface area contributed by atoms with Gasteiger partial charge in [-0.15, -0.1) is 0 Å². The number of carbonyl (C=O) groups excluding carboxylic acids is 2. The standard InChI is InChI=1S/C29H32N2O6/c1-5-34-27(32)26-23-16-20(17-30)9-12-24(23)36-25(26)13-8-19-6-10-21(11-7-19)35-22-14-15-31(18-22)28(33)37-29(2,3)4/h6-7,9-12,16,22H,5,8,13-15,18H2,1-4H3/t22-/m0/s1. The zero-order valence-corrected chi connectivity index (χ0v) is 21.7. The molecule has 1 aliphatic heterocycles. The molecule has 1 aromatic heterocycles. The lowest BCUT2D eigenvalue weighted by Crippen LogP contribution is -2.36. The van der Waals surface area contributed by atoms with Crippen molar-refractivity contribution in [1.29, 1.82) is 5.26 Å². The molecule has 0 spiro atoms. The quantitative estimate of drug-likeness (QED) is 0.383. The summed E-state index contributed by atoms with van der Waals surface area (Å²) >= 11 is 0. The Hall–Kier alpha value is -3.99. The Kier molecular flexibility index (Phi) is 7.72. The maximum atomic E-state index is 12.7. The van der Waals surface area contributed by atoms with Crippen LogP contribution in [0.3, 0.4) is 0 Å². The third-order valence-corrected chi connectivity index (χ3v) is 6.03. The Bertz CT molecular complexity index is 1310. The number of hydrogen-bond donors (Lipinski definition) is 0. The molecular formula is C29H32N2O6. The summed E-state index contributed by atoms with van der Waals surface area (Å²) in [5.41, 5.74) is 1.92. The van der Waals surface area contributed by atoms with Gasteiger partial charge in [0, 0.05) is 24.8 Å². The molecule has 8 heteroatoms. The minimum absolute atomic E-state index is 0.0839.